The summed E-state index contributed by atoms with van der Waals surface area (Å²) in [5.41, 5.74) is 2.11. The number of nitrogens with zero attached hydrogens (tertiary/aromatic N) is 4. The molecule has 1 aliphatic rings. The normalized spacial score (nSPS) is 15.4. The summed E-state index contributed by atoms with van der Waals surface area (Å²) in [4.78, 5) is 11.6. The van der Waals surface area contributed by atoms with Gasteiger partial charge in [-0.05, 0) is 19.1 Å². The van der Waals surface area contributed by atoms with E-state index in [4.69, 9.17) is 0 Å². The van der Waals surface area contributed by atoms with Crippen LogP contribution in [0, 0.1) is 0 Å². The quantitative estimate of drug-likeness (QED) is 0.633. The van der Waals surface area contributed by atoms with Gasteiger partial charge in [0.25, 0.3) is 0 Å². The first-order valence-corrected chi connectivity index (χ1v) is 9.97. The summed E-state index contributed by atoms with van der Waals surface area (Å²) in [6, 6.07) is 15.8. The van der Waals surface area contributed by atoms with E-state index in [1.165, 1.54) is 23.4 Å². The highest BCUT2D eigenvalue weighted by atomic mass is 32.2. The van der Waals surface area contributed by atoms with Gasteiger partial charge >= 0.3 is 0 Å². The minimum absolute atomic E-state index is 0.0549. The Bertz CT molecular complexity index is 1090. The number of carbonyl (C=O) groups excluding carboxylic acids is 1. The van der Waals surface area contributed by atoms with E-state index >= 15 is 0 Å². The monoisotopic (exact) mass is 382 g/mol. The average Bonchev–Trinajstić information content (AvgIpc) is 3.10. The van der Waals surface area contributed by atoms with Crippen LogP contribution in [0.1, 0.15) is 23.3 Å². The van der Waals surface area contributed by atoms with Crippen LogP contribution in [0.4, 0.5) is 0 Å². The molecular formula is C19H18N4O3S. The van der Waals surface area contributed by atoms with E-state index in [0.29, 0.717) is 18.7 Å². The Labute approximate surface area is 157 Å². The molecule has 0 saturated carbocycles. The third-order valence-corrected chi connectivity index (χ3v) is 6.49. The molecule has 4 rings (SSSR count). The zero-order valence-electron chi connectivity index (χ0n) is 14.7. The summed E-state index contributed by atoms with van der Waals surface area (Å²) >= 11 is 0. The highest BCUT2D eigenvalue weighted by Crippen LogP contribution is 2.29. The molecule has 138 valence electrons. The number of aromatic nitrogens is 3. The second-order valence-electron chi connectivity index (χ2n) is 6.51. The molecule has 0 bridgehead atoms. The maximum atomic E-state index is 12.8. The smallest absolute Gasteiger partial charge is 0.243 e. The lowest BCUT2D eigenvalue weighted by atomic mass is 10.1. The van der Waals surface area contributed by atoms with E-state index in [1.54, 1.807) is 16.8 Å². The SMILES string of the molecule is CC(=O)c1cccc(S(=O)(=O)N2CC(n3cc(-c4ccccc4)nn3)C2)c1. The van der Waals surface area contributed by atoms with E-state index < -0.39 is 10.0 Å². The van der Waals surface area contributed by atoms with Crippen molar-refractivity contribution in [3.63, 3.8) is 0 Å². The van der Waals surface area contributed by atoms with E-state index in [2.05, 4.69) is 10.3 Å². The molecule has 8 heteroatoms. The van der Waals surface area contributed by atoms with Crippen LogP contribution in [-0.2, 0) is 10.0 Å². The highest BCUT2D eigenvalue weighted by molar-refractivity contribution is 7.89. The van der Waals surface area contributed by atoms with Gasteiger partial charge < -0.3 is 0 Å². The van der Waals surface area contributed by atoms with Gasteiger partial charge in [0.15, 0.2) is 5.78 Å². The summed E-state index contributed by atoms with van der Waals surface area (Å²) < 4.78 is 28.6. The van der Waals surface area contributed by atoms with E-state index in [0.717, 1.165) is 11.3 Å². The molecule has 7 nitrogen and oxygen atoms in total. The van der Waals surface area contributed by atoms with Crippen molar-refractivity contribution < 1.29 is 13.2 Å². The molecule has 0 aliphatic carbocycles. The van der Waals surface area contributed by atoms with Crippen LogP contribution in [0.25, 0.3) is 11.3 Å². The molecule has 1 aliphatic heterocycles. The minimum atomic E-state index is -3.62. The van der Waals surface area contributed by atoms with E-state index in [-0.39, 0.29) is 16.7 Å². The Morgan fingerprint density at radius 3 is 2.52 bits per heavy atom. The predicted molar refractivity (Wildman–Crippen MR) is 99.7 cm³/mol. The first kappa shape index (κ1) is 17.6. The zero-order valence-corrected chi connectivity index (χ0v) is 15.5. The summed E-state index contributed by atoms with van der Waals surface area (Å²) in [5.74, 6) is -0.162. The van der Waals surface area contributed by atoms with Gasteiger partial charge in [0.1, 0.15) is 5.69 Å². The molecule has 0 amide bonds. The third kappa shape index (κ3) is 3.29. The first-order chi connectivity index (χ1) is 12.9. The van der Waals surface area contributed by atoms with Crippen LogP contribution in [-0.4, -0.2) is 46.6 Å². The summed E-state index contributed by atoms with van der Waals surface area (Å²) in [7, 11) is -3.62. The van der Waals surface area contributed by atoms with Crippen LogP contribution in [0.2, 0.25) is 0 Å². The van der Waals surface area contributed by atoms with Crippen molar-refractivity contribution >= 4 is 15.8 Å². The van der Waals surface area contributed by atoms with Crippen LogP contribution in [0.3, 0.4) is 0 Å². The Balaban J connectivity index is 1.48. The van der Waals surface area contributed by atoms with Gasteiger partial charge in [0.05, 0.1) is 17.1 Å². The molecule has 1 aromatic heterocycles. The molecule has 0 radical (unpaired) electrons. The molecule has 0 N–H and O–H groups in total. The molecule has 0 unspecified atom stereocenters. The molecular weight excluding hydrogens is 364 g/mol. The minimum Gasteiger partial charge on any atom is -0.295 e. The lowest BCUT2D eigenvalue weighted by Crippen LogP contribution is -2.50. The molecule has 1 saturated heterocycles. The maximum absolute atomic E-state index is 12.8. The molecule has 3 aromatic rings. The largest absolute Gasteiger partial charge is 0.295 e. The van der Waals surface area contributed by atoms with Gasteiger partial charge in [-0.2, -0.15) is 4.31 Å². The lowest BCUT2D eigenvalue weighted by molar-refractivity contribution is 0.101. The molecule has 27 heavy (non-hydrogen) atoms. The van der Waals surface area contributed by atoms with Gasteiger partial charge in [-0.3, -0.25) is 4.79 Å². The first-order valence-electron chi connectivity index (χ1n) is 8.53. The van der Waals surface area contributed by atoms with Crippen LogP contribution < -0.4 is 0 Å². The Morgan fingerprint density at radius 1 is 1.07 bits per heavy atom. The van der Waals surface area contributed by atoms with Gasteiger partial charge in [0, 0.05) is 24.2 Å². The van der Waals surface area contributed by atoms with Crippen molar-refractivity contribution in [1.82, 2.24) is 19.3 Å². The molecule has 2 aromatic carbocycles. The van der Waals surface area contributed by atoms with E-state index in [1.807, 2.05) is 36.5 Å². The van der Waals surface area contributed by atoms with Crippen LogP contribution >= 0.6 is 0 Å². The average molecular weight is 382 g/mol. The number of Topliss-reactive ketones (excluding diaryl/α,β-unsaturated/α-hetero) is 1. The summed E-state index contributed by atoms with van der Waals surface area (Å²) in [5, 5.41) is 8.31. The fourth-order valence-corrected chi connectivity index (χ4v) is 4.56. The molecule has 0 atom stereocenters. The van der Waals surface area contributed by atoms with Gasteiger partial charge in [-0.1, -0.05) is 47.7 Å². The highest BCUT2D eigenvalue weighted by Gasteiger charge is 2.38. The number of rotatable bonds is 5. The standard InChI is InChI=1S/C19H18N4O3S/c1-14(24)16-8-5-9-18(10-16)27(25,26)22-11-17(12-22)23-13-19(20-21-23)15-6-3-2-4-7-15/h2-10,13,17H,11-12H2,1H3. The fourth-order valence-electron chi connectivity index (χ4n) is 3.00. The molecule has 1 fully saturated rings. The Kier molecular flexibility index (Phi) is 4.37. The second-order valence-corrected chi connectivity index (χ2v) is 8.45. The fraction of sp³-hybridized carbons (Fsp3) is 0.211. The predicted octanol–water partition coefficient (Wildman–Crippen LogP) is 2.39. The van der Waals surface area contributed by atoms with Crippen molar-refractivity contribution in [3.05, 3.63) is 66.4 Å². The summed E-state index contributed by atoms with van der Waals surface area (Å²) in [6.45, 7) is 2.06. The van der Waals surface area contributed by atoms with Gasteiger partial charge in [-0.15, -0.1) is 5.10 Å². The topological polar surface area (TPSA) is 85.2 Å². The molecule has 0 spiro atoms. The van der Waals surface area contributed by atoms with Crippen molar-refractivity contribution in [1.29, 1.82) is 0 Å². The van der Waals surface area contributed by atoms with Gasteiger partial charge in [0.2, 0.25) is 10.0 Å². The Morgan fingerprint density at radius 2 is 1.81 bits per heavy atom. The van der Waals surface area contributed by atoms with Crippen molar-refractivity contribution in [2.45, 2.75) is 17.9 Å². The third-order valence-electron chi connectivity index (χ3n) is 4.66. The number of sulfonamides is 1. The number of benzene rings is 2. The molecule has 2 heterocycles. The number of ketones is 1. The number of hydrogen-bond acceptors (Lipinski definition) is 5. The van der Waals surface area contributed by atoms with E-state index in [9.17, 15) is 13.2 Å². The van der Waals surface area contributed by atoms with Crippen molar-refractivity contribution in [3.8, 4) is 11.3 Å². The van der Waals surface area contributed by atoms with Crippen molar-refractivity contribution in [2.24, 2.45) is 0 Å². The van der Waals surface area contributed by atoms with Crippen LogP contribution in [0.15, 0.2) is 65.7 Å². The number of hydrogen-bond donors (Lipinski definition) is 0. The maximum Gasteiger partial charge on any atom is 0.243 e. The zero-order chi connectivity index (χ0) is 19.0. The van der Waals surface area contributed by atoms with Crippen LogP contribution in [0.5, 0.6) is 0 Å². The summed E-state index contributed by atoms with van der Waals surface area (Å²) in [6.07, 6.45) is 1.83. The lowest BCUT2D eigenvalue weighted by Gasteiger charge is -2.37. The van der Waals surface area contributed by atoms with Gasteiger partial charge in [-0.25, -0.2) is 13.1 Å². The second kappa shape index (κ2) is 6.71. The van der Waals surface area contributed by atoms with Crippen molar-refractivity contribution in [2.75, 3.05) is 13.1 Å². The number of carbonyl (C=O) groups is 1. The Hall–Kier alpha value is -2.84.